The van der Waals surface area contributed by atoms with Gasteiger partial charge >= 0.3 is 0 Å². The number of nitrogens with one attached hydrogen (secondary N) is 2. The van der Waals surface area contributed by atoms with Gasteiger partial charge in [0, 0.05) is 25.6 Å². The zero-order valence-corrected chi connectivity index (χ0v) is 15.3. The van der Waals surface area contributed by atoms with Gasteiger partial charge in [-0.2, -0.15) is 0 Å². The fourth-order valence-electron chi connectivity index (χ4n) is 2.71. The molecule has 1 saturated heterocycles. The van der Waals surface area contributed by atoms with Gasteiger partial charge in [0.1, 0.15) is 0 Å². The summed E-state index contributed by atoms with van der Waals surface area (Å²) < 4.78 is 30.7. The number of halogens is 2. The number of ether oxygens (including phenoxy) is 1. The minimum absolute atomic E-state index is 0.0172. The lowest BCUT2D eigenvalue weighted by atomic mass is 9.90. The van der Waals surface area contributed by atoms with Crippen LogP contribution in [-0.4, -0.2) is 47.0 Å². The highest BCUT2D eigenvalue weighted by molar-refractivity contribution is 7.88. The molecule has 0 aromatic heterocycles. The second-order valence-corrected chi connectivity index (χ2v) is 8.35. The van der Waals surface area contributed by atoms with E-state index in [1.807, 2.05) is 12.1 Å². The summed E-state index contributed by atoms with van der Waals surface area (Å²) in [5.41, 5.74) is 1.08. The van der Waals surface area contributed by atoms with Crippen LogP contribution in [-0.2, 0) is 14.8 Å². The number of hydrogen-bond acceptors (Lipinski definition) is 4. The predicted molar refractivity (Wildman–Crippen MR) is 93.9 cm³/mol. The lowest BCUT2D eigenvalue weighted by Crippen LogP contribution is -2.29. The molecule has 1 aliphatic rings. The van der Waals surface area contributed by atoms with Crippen molar-refractivity contribution < 1.29 is 13.2 Å². The van der Waals surface area contributed by atoms with Gasteiger partial charge in [0.2, 0.25) is 10.0 Å². The molecule has 2 N–H and O–H groups in total. The summed E-state index contributed by atoms with van der Waals surface area (Å²) in [6, 6.07) is 5.65. The Kier molecular flexibility index (Phi) is 7.13. The van der Waals surface area contributed by atoms with Crippen LogP contribution in [0.25, 0.3) is 0 Å². The summed E-state index contributed by atoms with van der Waals surface area (Å²) in [6.45, 7) is 2.65. The molecule has 1 aromatic carbocycles. The van der Waals surface area contributed by atoms with E-state index in [0.29, 0.717) is 23.2 Å². The fourth-order valence-corrected chi connectivity index (χ4v) is 3.53. The molecule has 0 bridgehead atoms. The lowest BCUT2D eigenvalue weighted by molar-refractivity contribution is 0.0450. The van der Waals surface area contributed by atoms with E-state index in [1.54, 1.807) is 6.07 Å². The van der Waals surface area contributed by atoms with Gasteiger partial charge in [0.15, 0.2) is 0 Å². The number of benzene rings is 1. The fraction of sp³-hybridized carbons (Fsp3) is 0.600. The van der Waals surface area contributed by atoms with Gasteiger partial charge in [0.05, 0.1) is 29.0 Å². The third-order valence-electron chi connectivity index (χ3n) is 3.83. The summed E-state index contributed by atoms with van der Waals surface area (Å²) in [6.07, 6.45) is 2.67. The van der Waals surface area contributed by atoms with Crippen molar-refractivity contribution in [1.82, 2.24) is 10.0 Å². The highest BCUT2D eigenvalue weighted by Crippen LogP contribution is 2.31. The molecule has 5 nitrogen and oxygen atoms in total. The van der Waals surface area contributed by atoms with Gasteiger partial charge in [-0.15, -0.1) is 0 Å². The molecule has 0 spiro atoms. The minimum Gasteiger partial charge on any atom is -0.376 e. The van der Waals surface area contributed by atoms with E-state index in [1.165, 1.54) is 0 Å². The first kappa shape index (κ1) is 19.0. The van der Waals surface area contributed by atoms with E-state index in [2.05, 4.69) is 10.0 Å². The molecular weight excluding hydrogens is 359 g/mol. The molecule has 1 aliphatic heterocycles. The SMILES string of the molecule is CS(=O)(=O)NCCC[C@@H]1OCCNC[C@H]1c1ccc(Cl)c(Cl)c1. The van der Waals surface area contributed by atoms with Crippen LogP contribution < -0.4 is 10.0 Å². The second-order valence-electron chi connectivity index (χ2n) is 5.70. The van der Waals surface area contributed by atoms with E-state index in [-0.39, 0.29) is 12.0 Å². The third kappa shape index (κ3) is 6.21. The van der Waals surface area contributed by atoms with Gasteiger partial charge in [-0.1, -0.05) is 29.3 Å². The van der Waals surface area contributed by atoms with Gasteiger partial charge < -0.3 is 10.1 Å². The molecule has 0 amide bonds. The van der Waals surface area contributed by atoms with Gasteiger partial charge in [-0.3, -0.25) is 0 Å². The molecule has 0 radical (unpaired) electrons. The first-order valence-corrected chi connectivity index (χ1v) is 10.2. The van der Waals surface area contributed by atoms with Gasteiger partial charge in [-0.25, -0.2) is 13.1 Å². The Bertz CT molecular complexity index is 625. The monoisotopic (exact) mass is 380 g/mol. The minimum atomic E-state index is -3.15. The van der Waals surface area contributed by atoms with Crippen molar-refractivity contribution in [3.8, 4) is 0 Å². The average Bonchev–Trinajstić information content (AvgIpc) is 2.71. The van der Waals surface area contributed by atoms with Crippen LogP contribution in [0, 0.1) is 0 Å². The summed E-state index contributed by atoms with van der Waals surface area (Å²) in [7, 11) is -3.15. The molecular formula is C15H22Cl2N2O3S. The number of hydrogen-bond donors (Lipinski definition) is 2. The Labute approximate surface area is 147 Å². The van der Waals surface area contributed by atoms with Crippen molar-refractivity contribution in [3.63, 3.8) is 0 Å². The molecule has 1 fully saturated rings. The standard InChI is InChI=1S/C15H22Cl2N2O3S/c1-23(20,21)19-6-2-3-15-12(10-18-7-8-22-15)11-4-5-13(16)14(17)9-11/h4-5,9,12,15,18-19H,2-3,6-8,10H2,1H3/t12-,15-/m0/s1. The highest BCUT2D eigenvalue weighted by atomic mass is 35.5. The third-order valence-corrected chi connectivity index (χ3v) is 5.29. The van der Waals surface area contributed by atoms with Crippen LogP contribution in [0.15, 0.2) is 18.2 Å². The second kappa shape index (κ2) is 8.65. The maximum atomic E-state index is 11.1. The van der Waals surface area contributed by atoms with E-state index < -0.39 is 10.0 Å². The van der Waals surface area contributed by atoms with E-state index in [9.17, 15) is 8.42 Å². The zero-order valence-electron chi connectivity index (χ0n) is 13.0. The summed E-state index contributed by atoms with van der Waals surface area (Å²) in [4.78, 5) is 0. The van der Waals surface area contributed by atoms with Crippen LogP contribution in [0.1, 0.15) is 24.3 Å². The van der Waals surface area contributed by atoms with Crippen LogP contribution in [0.4, 0.5) is 0 Å². The first-order valence-electron chi connectivity index (χ1n) is 7.59. The molecule has 1 aromatic rings. The molecule has 0 saturated carbocycles. The van der Waals surface area contributed by atoms with Crippen molar-refractivity contribution >= 4 is 33.2 Å². The molecule has 1 heterocycles. The van der Waals surface area contributed by atoms with Crippen molar-refractivity contribution in [2.45, 2.75) is 24.9 Å². The predicted octanol–water partition coefficient (Wildman–Crippen LogP) is 2.39. The Morgan fingerprint density at radius 2 is 2.13 bits per heavy atom. The number of sulfonamides is 1. The maximum Gasteiger partial charge on any atom is 0.208 e. The molecule has 0 aliphatic carbocycles. The van der Waals surface area contributed by atoms with Crippen molar-refractivity contribution in [1.29, 1.82) is 0 Å². The van der Waals surface area contributed by atoms with Crippen molar-refractivity contribution in [3.05, 3.63) is 33.8 Å². The van der Waals surface area contributed by atoms with Gasteiger partial charge in [-0.05, 0) is 30.5 Å². The van der Waals surface area contributed by atoms with E-state index in [0.717, 1.165) is 37.8 Å². The van der Waals surface area contributed by atoms with Crippen LogP contribution in [0.2, 0.25) is 10.0 Å². The molecule has 23 heavy (non-hydrogen) atoms. The van der Waals surface area contributed by atoms with Crippen molar-refractivity contribution in [2.75, 3.05) is 32.5 Å². The van der Waals surface area contributed by atoms with Crippen LogP contribution in [0.5, 0.6) is 0 Å². The number of rotatable bonds is 6. The summed E-state index contributed by atoms with van der Waals surface area (Å²) >= 11 is 12.1. The topological polar surface area (TPSA) is 67.4 Å². The van der Waals surface area contributed by atoms with Crippen LogP contribution >= 0.6 is 23.2 Å². The maximum absolute atomic E-state index is 11.1. The summed E-state index contributed by atoms with van der Waals surface area (Å²) in [5.74, 6) is 0.158. The molecule has 130 valence electrons. The Morgan fingerprint density at radius 1 is 1.35 bits per heavy atom. The molecule has 8 heteroatoms. The Hall–Kier alpha value is -0.370. The quantitative estimate of drug-likeness (QED) is 0.743. The highest BCUT2D eigenvalue weighted by Gasteiger charge is 2.26. The first-order chi connectivity index (χ1) is 10.9. The smallest absolute Gasteiger partial charge is 0.208 e. The van der Waals surface area contributed by atoms with Gasteiger partial charge in [0.25, 0.3) is 0 Å². The Morgan fingerprint density at radius 3 is 2.83 bits per heavy atom. The lowest BCUT2D eigenvalue weighted by Gasteiger charge is -2.25. The van der Waals surface area contributed by atoms with E-state index in [4.69, 9.17) is 27.9 Å². The Balaban J connectivity index is 2.02. The molecule has 0 unspecified atom stereocenters. The molecule has 2 rings (SSSR count). The summed E-state index contributed by atoms with van der Waals surface area (Å²) in [5, 5.41) is 4.43. The average molecular weight is 381 g/mol. The van der Waals surface area contributed by atoms with Crippen LogP contribution in [0.3, 0.4) is 0 Å². The molecule has 2 atom stereocenters. The largest absolute Gasteiger partial charge is 0.376 e. The van der Waals surface area contributed by atoms with Crippen molar-refractivity contribution in [2.24, 2.45) is 0 Å². The normalized spacial score (nSPS) is 22.7. The van der Waals surface area contributed by atoms with E-state index >= 15 is 0 Å². The zero-order chi connectivity index (χ0) is 16.9.